The van der Waals surface area contributed by atoms with Crippen molar-refractivity contribution in [1.29, 1.82) is 0 Å². The Morgan fingerprint density at radius 3 is 2.50 bits per heavy atom. The van der Waals surface area contributed by atoms with Crippen LogP contribution >= 0.6 is 39.1 Å². The maximum Gasteiger partial charge on any atom is 0.0603 e. The molecule has 0 saturated heterocycles. The van der Waals surface area contributed by atoms with E-state index in [1.54, 1.807) is 6.07 Å². The lowest BCUT2D eigenvalue weighted by molar-refractivity contribution is 0.628. The zero-order valence-electron chi connectivity index (χ0n) is 11.4. The van der Waals surface area contributed by atoms with Crippen molar-refractivity contribution in [3.05, 3.63) is 67.6 Å². The summed E-state index contributed by atoms with van der Waals surface area (Å²) < 4.78 is 1.07. The Labute approximate surface area is 138 Å². The van der Waals surface area contributed by atoms with Crippen LogP contribution in [0.25, 0.3) is 0 Å². The van der Waals surface area contributed by atoms with Gasteiger partial charge in [0.2, 0.25) is 0 Å². The summed E-state index contributed by atoms with van der Waals surface area (Å²) in [5.74, 6) is 0. The van der Waals surface area contributed by atoms with Crippen LogP contribution in [0.15, 0.2) is 40.9 Å². The number of nitrogens with one attached hydrogen (secondary N) is 1. The average Bonchev–Trinajstić information content (AvgIpc) is 2.40. The van der Waals surface area contributed by atoms with Crippen LogP contribution in [0.3, 0.4) is 0 Å². The van der Waals surface area contributed by atoms with Crippen molar-refractivity contribution in [1.82, 2.24) is 5.32 Å². The highest BCUT2D eigenvalue weighted by Gasteiger charge is 2.18. The molecule has 4 heteroatoms. The molecule has 0 saturated carbocycles. The quantitative estimate of drug-likeness (QED) is 0.718. The summed E-state index contributed by atoms with van der Waals surface area (Å²) in [6, 6.07) is 11.9. The molecule has 0 bridgehead atoms. The van der Waals surface area contributed by atoms with Crippen molar-refractivity contribution in [3.63, 3.8) is 0 Å². The monoisotopic (exact) mass is 371 g/mol. The summed E-state index contributed by atoms with van der Waals surface area (Å²) in [4.78, 5) is 0. The molecule has 1 atom stereocenters. The van der Waals surface area contributed by atoms with E-state index in [0.29, 0.717) is 10.0 Å². The molecular weight excluding hydrogens is 357 g/mol. The number of rotatable bonds is 4. The molecule has 0 aliphatic carbocycles. The highest BCUT2D eigenvalue weighted by Crippen LogP contribution is 2.34. The Balaban J connectivity index is 2.53. The first-order valence-electron chi connectivity index (χ1n) is 6.47. The predicted octanol–water partition coefficient (Wildman–Crippen LogP) is 5.76. The molecule has 20 heavy (non-hydrogen) atoms. The van der Waals surface area contributed by atoms with Gasteiger partial charge in [-0.15, -0.1) is 0 Å². The fraction of sp³-hybridized carbons (Fsp3) is 0.250. The van der Waals surface area contributed by atoms with E-state index in [9.17, 15) is 0 Å². The minimum absolute atomic E-state index is 0.0150. The highest BCUT2D eigenvalue weighted by atomic mass is 79.9. The fourth-order valence-corrected chi connectivity index (χ4v) is 3.32. The molecule has 0 fully saturated rings. The Kier molecular flexibility index (Phi) is 5.50. The highest BCUT2D eigenvalue weighted by molar-refractivity contribution is 9.10. The Morgan fingerprint density at radius 1 is 1.10 bits per heavy atom. The second-order valence-electron chi connectivity index (χ2n) is 4.68. The molecule has 0 aliphatic heterocycles. The largest absolute Gasteiger partial charge is 0.306 e. The maximum atomic E-state index is 6.35. The molecule has 2 aromatic carbocycles. The number of hydrogen-bond donors (Lipinski definition) is 1. The third kappa shape index (κ3) is 3.56. The first kappa shape index (κ1) is 15.8. The lowest BCUT2D eigenvalue weighted by atomic mass is 9.97. The minimum Gasteiger partial charge on any atom is -0.306 e. The lowest BCUT2D eigenvalue weighted by Gasteiger charge is -2.22. The van der Waals surface area contributed by atoms with Crippen LogP contribution in [-0.4, -0.2) is 6.54 Å². The van der Waals surface area contributed by atoms with Gasteiger partial charge >= 0.3 is 0 Å². The van der Waals surface area contributed by atoms with Gasteiger partial charge < -0.3 is 5.32 Å². The molecule has 106 valence electrons. The van der Waals surface area contributed by atoms with Crippen molar-refractivity contribution in [2.75, 3.05) is 6.54 Å². The van der Waals surface area contributed by atoms with Crippen LogP contribution in [0, 0.1) is 6.92 Å². The Hall–Kier alpha value is -0.540. The topological polar surface area (TPSA) is 12.0 Å². The molecule has 0 amide bonds. The Morgan fingerprint density at radius 2 is 1.85 bits per heavy atom. The van der Waals surface area contributed by atoms with Crippen LogP contribution in [0.1, 0.15) is 29.7 Å². The molecule has 2 aromatic rings. The van der Waals surface area contributed by atoms with Crippen LogP contribution in [0.4, 0.5) is 0 Å². The van der Waals surface area contributed by atoms with E-state index < -0.39 is 0 Å². The molecule has 1 nitrogen and oxygen atoms in total. The Bertz CT molecular complexity index is 613. The van der Waals surface area contributed by atoms with Gasteiger partial charge in [0.1, 0.15) is 0 Å². The molecule has 0 aliphatic rings. The summed E-state index contributed by atoms with van der Waals surface area (Å²) in [5.41, 5.74) is 3.36. The van der Waals surface area contributed by atoms with Gasteiger partial charge in [0, 0.05) is 14.5 Å². The van der Waals surface area contributed by atoms with Gasteiger partial charge in [0.15, 0.2) is 0 Å². The van der Waals surface area contributed by atoms with Crippen LogP contribution in [-0.2, 0) is 0 Å². The first-order chi connectivity index (χ1) is 9.52. The second-order valence-corrected chi connectivity index (χ2v) is 6.38. The zero-order valence-corrected chi connectivity index (χ0v) is 14.5. The fourth-order valence-electron chi connectivity index (χ4n) is 2.19. The molecule has 0 heterocycles. The van der Waals surface area contributed by atoms with E-state index in [0.717, 1.165) is 22.1 Å². The van der Waals surface area contributed by atoms with Gasteiger partial charge in [0.25, 0.3) is 0 Å². The number of aryl methyl sites for hydroxylation is 1. The zero-order chi connectivity index (χ0) is 14.7. The number of halogens is 3. The summed E-state index contributed by atoms with van der Waals surface area (Å²) >= 11 is 16.1. The normalized spacial score (nSPS) is 12.4. The molecular formula is C16H16BrCl2N. The molecule has 0 radical (unpaired) electrons. The smallest absolute Gasteiger partial charge is 0.0603 e. The van der Waals surface area contributed by atoms with Crippen molar-refractivity contribution in [2.24, 2.45) is 0 Å². The molecule has 1 N–H and O–H groups in total. The lowest BCUT2D eigenvalue weighted by Crippen LogP contribution is -2.22. The summed E-state index contributed by atoms with van der Waals surface area (Å²) in [5, 5.41) is 4.88. The van der Waals surface area contributed by atoms with Gasteiger partial charge in [-0.25, -0.2) is 0 Å². The van der Waals surface area contributed by atoms with E-state index in [1.165, 1.54) is 5.56 Å². The SMILES string of the molecule is CCNC(c1cc(Cl)ccc1Cl)c1ccc(C)cc1Br. The molecule has 1 unspecified atom stereocenters. The third-order valence-electron chi connectivity index (χ3n) is 3.14. The van der Waals surface area contributed by atoms with Crippen LogP contribution in [0.2, 0.25) is 10.0 Å². The van der Waals surface area contributed by atoms with Crippen molar-refractivity contribution >= 4 is 39.1 Å². The molecule has 2 rings (SSSR count). The third-order valence-corrected chi connectivity index (χ3v) is 4.41. The molecule has 0 spiro atoms. The first-order valence-corrected chi connectivity index (χ1v) is 8.02. The predicted molar refractivity (Wildman–Crippen MR) is 90.9 cm³/mol. The summed E-state index contributed by atoms with van der Waals surface area (Å²) in [7, 11) is 0. The van der Waals surface area contributed by atoms with Gasteiger partial charge in [-0.1, -0.05) is 58.2 Å². The van der Waals surface area contributed by atoms with Gasteiger partial charge in [-0.3, -0.25) is 0 Å². The number of hydrogen-bond acceptors (Lipinski definition) is 1. The van der Waals surface area contributed by atoms with Crippen molar-refractivity contribution < 1.29 is 0 Å². The van der Waals surface area contributed by atoms with E-state index in [-0.39, 0.29) is 6.04 Å². The van der Waals surface area contributed by atoms with Crippen LogP contribution < -0.4 is 5.32 Å². The van der Waals surface area contributed by atoms with Gasteiger partial charge in [0.05, 0.1) is 6.04 Å². The standard InChI is InChI=1S/C16H16BrCl2N/c1-3-20-16(12-6-4-10(2)8-14(12)17)13-9-11(18)5-7-15(13)19/h4-9,16,20H,3H2,1-2H3. The van der Waals surface area contributed by atoms with E-state index in [1.807, 2.05) is 12.1 Å². The van der Waals surface area contributed by atoms with Gasteiger partial charge in [-0.05, 0) is 54.4 Å². The molecule has 0 aromatic heterocycles. The maximum absolute atomic E-state index is 6.35. The minimum atomic E-state index is 0.0150. The average molecular weight is 373 g/mol. The van der Waals surface area contributed by atoms with E-state index in [2.05, 4.69) is 53.3 Å². The van der Waals surface area contributed by atoms with E-state index in [4.69, 9.17) is 23.2 Å². The van der Waals surface area contributed by atoms with Gasteiger partial charge in [-0.2, -0.15) is 0 Å². The van der Waals surface area contributed by atoms with Crippen molar-refractivity contribution in [3.8, 4) is 0 Å². The summed E-state index contributed by atoms with van der Waals surface area (Å²) in [6.07, 6.45) is 0. The van der Waals surface area contributed by atoms with Crippen LogP contribution in [0.5, 0.6) is 0 Å². The number of benzene rings is 2. The second kappa shape index (κ2) is 6.95. The van der Waals surface area contributed by atoms with Crippen molar-refractivity contribution in [2.45, 2.75) is 19.9 Å². The van der Waals surface area contributed by atoms with E-state index >= 15 is 0 Å². The summed E-state index contributed by atoms with van der Waals surface area (Å²) in [6.45, 7) is 4.99.